The molecule has 0 rings (SSSR count). The van der Waals surface area contributed by atoms with Gasteiger partial charge in [-0.2, -0.15) is 0 Å². The summed E-state index contributed by atoms with van der Waals surface area (Å²) < 4.78 is 0. The summed E-state index contributed by atoms with van der Waals surface area (Å²) in [6.07, 6.45) is 0. The molecule has 1 radical (unpaired) electrons. The van der Waals surface area contributed by atoms with Gasteiger partial charge in [-0.3, -0.25) is 0 Å². The second kappa shape index (κ2) is 111. The number of hydrogen-bond donors (Lipinski definition) is 0. The van der Waals surface area contributed by atoms with Crippen LogP contribution < -0.4 is 0 Å². The molecule has 0 atom stereocenters. The Labute approximate surface area is 82.3 Å². The first-order chi connectivity index (χ1) is 0. The smallest absolute Gasteiger partial charge is 2.00 e. The maximum atomic E-state index is 0. The van der Waals surface area contributed by atoms with E-state index < -0.39 is 0 Å². The van der Waals surface area contributed by atoms with Gasteiger partial charge in [0, 0.05) is 0 Å². The van der Waals surface area contributed by atoms with Gasteiger partial charge in [-0.15, -0.1) is 0 Å². The van der Waals surface area contributed by atoms with E-state index in [4.69, 9.17) is 0 Å². The van der Waals surface area contributed by atoms with E-state index in [0.29, 0.717) is 0 Å². The molecule has 0 heterocycles. The second-order valence-electron chi connectivity index (χ2n) is 0. The maximum absolute atomic E-state index is 0. The average molecular weight is 243 g/mol. The van der Waals surface area contributed by atoms with Gasteiger partial charge in [-0.25, -0.2) is 0 Å². The van der Waals surface area contributed by atoms with Crippen molar-refractivity contribution in [2.24, 2.45) is 0 Å². The standard InChI is InChI=1S/Co.Mg.Mo.4O/q2*+2;+4;4*-2. The van der Waals surface area contributed by atoms with Crippen LogP contribution in [0.4, 0.5) is 0 Å². The summed E-state index contributed by atoms with van der Waals surface area (Å²) in [4.78, 5) is 0. The molecule has 0 N–H and O–H groups in total. The third-order valence-corrected chi connectivity index (χ3v) is 0. The molecule has 0 aromatic heterocycles. The molecule has 0 amide bonds. The van der Waals surface area contributed by atoms with Crippen LogP contribution in [0.15, 0.2) is 0 Å². The van der Waals surface area contributed by atoms with Crippen molar-refractivity contribution in [2.75, 3.05) is 0 Å². The van der Waals surface area contributed by atoms with Gasteiger partial charge in [0.2, 0.25) is 0 Å². The second-order valence-corrected chi connectivity index (χ2v) is 0. The van der Waals surface area contributed by atoms with Crippen LogP contribution >= 0.6 is 0 Å². The number of rotatable bonds is 0. The molecule has 0 aromatic carbocycles. The quantitative estimate of drug-likeness (QED) is 0.492. The summed E-state index contributed by atoms with van der Waals surface area (Å²) in [6.45, 7) is 0. The molecule has 0 saturated heterocycles. The van der Waals surface area contributed by atoms with Crippen molar-refractivity contribution >= 4 is 23.1 Å². The molecule has 41 valence electrons. The van der Waals surface area contributed by atoms with Crippen LogP contribution in [-0.4, -0.2) is 23.1 Å². The third kappa shape index (κ3) is 80.9. The molecule has 0 aliphatic heterocycles. The zero-order valence-corrected chi connectivity index (χ0v) is 7.54. The van der Waals surface area contributed by atoms with Crippen LogP contribution in [0.1, 0.15) is 0 Å². The first-order valence-electron chi connectivity index (χ1n) is 0. The Hall–Kier alpha value is 1.80. The van der Waals surface area contributed by atoms with Gasteiger partial charge in [0.1, 0.15) is 0 Å². The van der Waals surface area contributed by atoms with Crippen molar-refractivity contribution in [3.63, 3.8) is 0 Å². The monoisotopic (exact) mass is 245 g/mol. The van der Waals surface area contributed by atoms with E-state index >= 15 is 0 Å². The molecule has 0 spiro atoms. The van der Waals surface area contributed by atoms with Crippen molar-refractivity contribution in [2.45, 2.75) is 0 Å². The molecule has 0 aliphatic rings. The summed E-state index contributed by atoms with van der Waals surface area (Å²) in [5.74, 6) is 0. The zero-order valence-electron chi connectivity index (χ0n) is 3.08. The Morgan fingerprint density at radius 2 is 0.571 bits per heavy atom. The Morgan fingerprint density at radius 1 is 0.571 bits per heavy atom. The Kier molecular flexibility index (Phi) is 2620. The van der Waals surface area contributed by atoms with Crippen LogP contribution in [-0.2, 0) is 59.7 Å². The molecule has 4 nitrogen and oxygen atoms in total. The van der Waals surface area contributed by atoms with Crippen LogP contribution in [0.2, 0.25) is 0 Å². The summed E-state index contributed by atoms with van der Waals surface area (Å²) in [6, 6.07) is 0. The molecule has 0 unspecified atom stereocenters. The number of hydrogen-bond acceptors (Lipinski definition) is 0. The largest absolute Gasteiger partial charge is 4.00 e. The van der Waals surface area contributed by atoms with E-state index in [9.17, 15) is 0 Å². The van der Waals surface area contributed by atoms with Crippen molar-refractivity contribution < 1.29 is 59.7 Å². The Morgan fingerprint density at radius 3 is 0.571 bits per heavy atom. The molecule has 0 saturated carbocycles. The van der Waals surface area contributed by atoms with Crippen LogP contribution in [0.25, 0.3) is 0 Å². The minimum Gasteiger partial charge on any atom is -2.00 e. The SMILES string of the molecule is [Co+2].[Mg+2].[Mo+4].[O-2].[O-2].[O-2].[O-2]. The van der Waals surface area contributed by atoms with Gasteiger partial charge in [0.25, 0.3) is 0 Å². The van der Waals surface area contributed by atoms with E-state index in [1.807, 2.05) is 0 Å². The van der Waals surface area contributed by atoms with Gasteiger partial charge in [0.05, 0.1) is 0 Å². The Balaban J connectivity index is 0. The normalized spacial score (nSPS) is 0. The van der Waals surface area contributed by atoms with Gasteiger partial charge >= 0.3 is 60.9 Å². The summed E-state index contributed by atoms with van der Waals surface area (Å²) in [5, 5.41) is 0. The summed E-state index contributed by atoms with van der Waals surface area (Å²) in [5.41, 5.74) is 0. The maximum Gasteiger partial charge on any atom is 4.00 e. The topological polar surface area (TPSA) is 114 Å². The van der Waals surface area contributed by atoms with Gasteiger partial charge in [-0.1, -0.05) is 0 Å². The van der Waals surface area contributed by atoms with E-state index in [1.165, 1.54) is 0 Å². The fraction of sp³-hybridized carbons (Fsp3) is 0. The van der Waals surface area contributed by atoms with Crippen molar-refractivity contribution in [3.05, 3.63) is 0 Å². The molecular weight excluding hydrogens is 243 g/mol. The van der Waals surface area contributed by atoms with E-state index in [1.54, 1.807) is 0 Å². The van der Waals surface area contributed by atoms with Crippen LogP contribution in [0, 0.1) is 0 Å². The van der Waals surface area contributed by atoms with Crippen molar-refractivity contribution in [3.8, 4) is 0 Å². The predicted molar refractivity (Wildman–Crippen MR) is 8.50 cm³/mol. The van der Waals surface area contributed by atoms with Crippen LogP contribution in [0.5, 0.6) is 0 Å². The van der Waals surface area contributed by atoms with E-state index in [2.05, 4.69) is 0 Å². The van der Waals surface area contributed by atoms with Crippen molar-refractivity contribution in [1.82, 2.24) is 0 Å². The molecule has 0 aliphatic carbocycles. The summed E-state index contributed by atoms with van der Waals surface area (Å²) in [7, 11) is 0. The molecular formula is CoMgMoO4. The van der Waals surface area contributed by atoms with Crippen LogP contribution in [0.3, 0.4) is 0 Å². The van der Waals surface area contributed by atoms with Gasteiger partial charge in [0.15, 0.2) is 0 Å². The first-order valence-corrected chi connectivity index (χ1v) is 0. The van der Waals surface area contributed by atoms with Gasteiger partial charge < -0.3 is 21.9 Å². The molecule has 0 fully saturated rings. The average Bonchev–Trinajstić information content (AvgIpc) is 0. The minimum absolute atomic E-state index is 0. The van der Waals surface area contributed by atoms with Gasteiger partial charge in [-0.05, 0) is 0 Å². The fourth-order valence-corrected chi connectivity index (χ4v) is 0. The third-order valence-electron chi connectivity index (χ3n) is 0. The van der Waals surface area contributed by atoms with E-state index in [-0.39, 0.29) is 82.8 Å². The van der Waals surface area contributed by atoms with Crippen molar-refractivity contribution in [1.29, 1.82) is 0 Å². The molecule has 7 heavy (non-hydrogen) atoms. The first kappa shape index (κ1) is 165. The predicted octanol–water partition coefficient (Wildman–Crippen LogP) is -0.861. The zero-order chi connectivity index (χ0) is 0. The molecule has 7 heteroatoms. The summed E-state index contributed by atoms with van der Waals surface area (Å²) >= 11 is 0. The molecule has 0 bridgehead atoms. The Bertz CT molecular complexity index is 11.7. The minimum atomic E-state index is 0. The molecule has 0 aromatic rings. The fourth-order valence-electron chi connectivity index (χ4n) is 0. The van der Waals surface area contributed by atoms with E-state index in [0.717, 1.165) is 0 Å².